The van der Waals surface area contributed by atoms with E-state index >= 15 is 0 Å². The zero-order valence-corrected chi connectivity index (χ0v) is 9.50. The van der Waals surface area contributed by atoms with E-state index in [0.29, 0.717) is 17.4 Å². The summed E-state index contributed by atoms with van der Waals surface area (Å²) in [7, 11) is 0. The maximum Gasteiger partial charge on any atom is 0.232 e. The Kier molecular flexibility index (Phi) is 5.51. The highest BCUT2D eigenvalue weighted by atomic mass is 32.2. The minimum absolute atomic E-state index is 0.117. The van der Waals surface area contributed by atoms with Crippen LogP contribution in [0.15, 0.2) is 0 Å². The molecular weight excluding hydrogens is 212 g/mol. The van der Waals surface area contributed by atoms with Gasteiger partial charge >= 0.3 is 0 Å². The van der Waals surface area contributed by atoms with Gasteiger partial charge in [-0.15, -0.1) is 11.8 Å². The van der Waals surface area contributed by atoms with Gasteiger partial charge in [-0.1, -0.05) is 0 Å². The number of aliphatic hydroxyl groups is 1. The van der Waals surface area contributed by atoms with E-state index in [2.05, 4.69) is 0 Å². The number of aliphatic hydroxyl groups excluding tert-OH is 1. The molecule has 1 aliphatic rings. The van der Waals surface area contributed by atoms with Crippen LogP contribution in [0.4, 0.5) is 0 Å². The second kappa shape index (κ2) is 6.70. The van der Waals surface area contributed by atoms with Gasteiger partial charge in [0.1, 0.15) is 0 Å². The van der Waals surface area contributed by atoms with E-state index < -0.39 is 0 Å². The highest BCUT2D eigenvalue weighted by molar-refractivity contribution is 8.00. The Hall–Kier alpha value is -0.730. The summed E-state index contributed by atoms with van der Waals surface area (Å²) in [5.41, 5.74) is 0. The van der Waals surface area contributed by atoms with Gasteiger partial charge in [0, 0.05) is 19.7 Å². The predicted molar refractivity (Wildman–Crippen MR) is 59.3 cm³/mol. The molecule has 5 heteroatoms. The first-order valence-electron chi connectivity index (χ1n) is 5.11. The van der Waals surface area contributed by atoms with E-state index in [1.807, 2.05) is 11.0 Å². The summed E-state index contributed by atoms with van der Waals surface area (Å²) in [6, 6.07) is 2.00. The van der Waals surface area contributed by atoms with Gasteiger partial charge < -0.3 is 10.0 Å². The lowest BCUT2D eigenvalue weighted by Gasteiger charge is -2.31. The molecule has 1 saturated heterocycles. The lowest BCUT2D eigenvalue weighted by Crippen LogP contribution is -2.40. The van der Waals surface area contributed by atoms with Crippen molar-refractivity contribution in [3.8, 4) is 6.07 Å². The average Bonchev–Trinajstić information content (AvgIpc) is 2.29. The fraction of sp³-hybridized carbons (Fsp3) is 0.800. The normalized spacial score (nSPS) is 17.5. The van der Waals surface area contributed by atoms with Crippen molar-refractivity contribution in [2.45, 2.75) is 12.8 Å². The number of carbonyl (C=O) groups is 1. The van der Waals surface area contributed by atoms with Crippen molar-refractivity contribution in [3.63, 3.8) is 0 Å². The third-order valence-electron chi connectivity index (χ3n) is 2.62. The van der Waals surface area contributed by atoms with Gasteiger partial charge in [0.05, 0.1) is 17.6 Å². The number of hydrogen-bond acceptors (Lipinski definition) is 4. The smallest absolute Gasteiger partial charge is 0.232 e. The standard InChI is InChI=1S/C10H16N2O2S/c11-3-6-15-8-10(14)12-4-1-9(7-13)2-5-12/h9,13H,1-2,4-8H2. The Balaban J connectivity index is 2.21. The Morgan fingerprint density at radius 2 is 2.20 bits per heavy atom. The molecule has 84 valence electrons. The van der Waals surface area contributed by atoms with E-state index in [9.17, 15) is 4.79 Å². The Labute approximate surface area is 94.2 Å². The zero-order chi connectivity index (χ0) is 11.1. The van der Waals surface area contributed by atoms with Crippen molar-refractivity contribution < 1.29 is 9.90 Å². The van der Waals surface area contributed by atoms with Crippen LogP contribution in [0, 0.1) is 17.2 Å². The second-order valence-corrected chi connectivity index (χ2v) is 4.64. The summed E-state index contributed by atoms with van der Waals surface area (Å²) in [4.78, 5) is 13.4. The third-order valence-corrected chi connectivity index (χ3v) is 3.40. The molecule has 0 aromatic heterocycles. The van der Waals surface area contributed by atoms with Crippen LogP contribution in [0.2, 0.25) is 0 Å². The van der Waals surface area contributed by atoms with Crippen LogP contribution in [-0.4, -0.2) is 47.1 Å². The first-order valence-corrected chi connectivity index (χ1v) is 6.26. The van der Waals surface area contributed by atoms with Crippen molar-refractivity contribution in [3.05, 3.63) is 0 Å². The van der Waals surface area contributed by atoms with Crippen LogP contribution in [0.3, 0.4) is 0 Å². The highest BCUT2D eigenvalue weighted by Gasteiger charge is 2.21. The molecule has 0 radical (unpaired) electrons. The monoisotopic (exact) mass is 228 g/mol. The Morgan fingerprint density at radius 3 is 2.73 bits per heavy atom. The third kappa shape index (κ3) is 4.10. The summed E-state index contributed by atoms with van der Waals surface area (Å²) >= 11 is 1.36. The first kappa shape index (κ1) is 12.3. The lowest BCUT2D eigenvalue weighted by molar-refractivity contribution is -0.129. The van der Waals surface area contributed by atoms with Crippen LogP contribution in [0.1, 0.15) is 12.8 Å². The fourth-order valence-electron chi connectivity index (χ4n) is 1.64. The molecule has 0 bridgehead atoms. The minimum atomic E-state index is 0.117. The zero-order valence-electron chi connectivity index (χ0n) is 8.69. The summed E-state index contributed by atoms with van der Waals surface area (Å²) < 4.78 is 0. The summed E-state index contributed by atoms with van der Waals surface area (Å²) in [5.74, 6) is 1.25. The summed E-state index contributed by atoms with van der Waals surface area (Å²) in [6.45, 7) is 1.72. The maximum atomic E-state index is 11.6. The van der Waals surface area contributed by atoms with Crippen LogP contribution in [0.25, 0.3) is 0 Å². The molecule has 0 aromatic carbocycles. The molecule has 0 atom stereocenters. The van der Waals surface area contributed by atoms with E-state index in [4.69, 9.17) is 10.4 Å². The number of nitrogens with zero attached hydrogens (tertiary/aromatic N) is 2. The topological polar surface area (TPSA) is 64.3 Å². The molecule has 0 saturated carbocycles. The molecule has 1 N–H and O–H groups in total. The van der Waals surface area contributed by atoms with Gasteiger partial charge in [-0.25, -0.2) is 0 Å². The average molecular weight is 228 g/mol. The molecule has 15 heavy (non-hydrogen) atoms. The van der Waals surface area contributed by atoms with Crippen molar-refractivity contribution in [1.82, 2.24) is 4.90 Å². The van der Waals surface area contributed by atoms with Crippen molar-refractivity contribution >= 4 is 17.7 Å². The van der Waals surface area contributed by atoms with Gasteiger partial charge in [0.2, 0.25) is 5.91 Å². The van der Waals surface area contributed by atoms with Gasteiger partial charge in [0.15, 0.2) is 0 Å². The SMILES string of the molecule is N#CCSCC(=O)N1CCC(CO)CC1. The molecule has 1 amide bonds. The first-order chi connectivity index (χ1) is 7.27. The van der Waals surface area contributed by atoms with E-state index in [0.717, 1.165) is 25.9 Å². The summed E-state index contributed by atoms with van der Waals surface area (Å²) in [5, 5.41) is 17.3. The van der Waals surface area contributed by atoms with Gasteiger partial charge in [-0.05, 0) is 18.8 Å². The molecular formula is C10H16N2O2S. The molecule has 0 aromatic rings. The number of likely N-dealkylation sites (tertiary alicyclic amines) is 1. The molecule has 1 fully saturated rings. The van der Waals surface area contributed by atoms with E-state index in [-0.39, 0.29) is 12.5 Å². The molecule has 0 spiro atoms. The minimum Gasteiger partial charge on any atom is -0.396 e. The molecule has 0 aliphatic carbocycles. The largest absolute Gasteiger partial charge is 0.396 e. The van der Waals surface area contributed by atoms with E-state index in [1.165, 1.54) is 11.8 Å². The van der Waals surface area contributed by atoms with Crippen molar-refractivity contribution in [1.29, 1.82) is 5.26 Å². The lowest BCUT2D eigenvalue weighted by atomic mass is 9.98. The molecule has 1 aliphatic heterocycles. The Morgan fingerprint density at radius 1 is 1.53 bits per heavy atom. The van der Waals surface area contributed by atoms with E-state index in [1.54, 1.807) is 0 Å². The molecule has 1 rings (SSSR count). The number of carbonyl (C=O) groups excluding carboxylic acids is 1. The van der Waals surface area contributed by atoms with Crippen LogP contribution in [0.5, 0.6) is 0 Å². The molecule has 4 nitrogen and oxygen atoms in total. The van der Waals surface area contributed by atoms with Crippen molar-refractivity contribution in [2.24, 2.45) is 5.92 Å². The highest BCUT2D eigenvalue weighted by Crippen LogP contribution is 2.17. The number of piperidine rings is 1. The maximum absolute atomic E-state index is 11.6. The fourth-order valence-corrected chi connectivity index (χ4v) is 2.19. The second-order valence-electron chi connectivity index (χ2n) is 3.66. The van der Waals surface area contributed by atoms with Gasteiger partial charge in [0.25, 0.3) is 0 Å². The number of hydrogen-bond donors (Lipinski definition) is 1. The Bertz CT molecular complexity index is 244. The van der Waals surface area contributed by atoms with Gasteiger partial charge in [-0.3, -0.25) is 4.79 Å². The molecule has 1 heterocycles. The van der Waals surface area contributed by atoms with Gasteiger partial charge in [-0.2, -0.15) is 5.26 Å². The number of rotatable bonds is 4. The quantitative estimate of drug-likeness (QED) is 0.711. The number of amides is 1. The van der Waals surface area contributed by atoms with Crippen LogP contribution in [-0.2, 0) is 4.79 Å². The van der Waals surface area contributed by atoms with Crippen LogP contribution >= 0.6 is 11.8 Å². The number of thioether (sulfide) groups is 1. The predicted octanol–water partition coefficient (Wildman–Crippen LogP) is 0.474. The van der Waals surface area contributed by atoms with Crippen LogP contribution < -0.4 is 0 Å². The number of nitriles is 1. The molecule has 0 unspecified atom stereocenters. The summed E-state index contributed by atoms with van der Waals surface area (Å²) in [6.07, 6.45) is 1.79. The van der Waals surface area contributed by atoms with Crippen molar-refractivity contribution in [2.75, 3.05) is 31.2 Å².